The van der Waals surface area contributed by atoms with E-state index in [-0.39, 0.29) is 4.90 Å². The van der Waals surface area contributed by atoms with Crippen LogP contribution in [0, 0.1) is 6.92 Å². The molecule has 1 rings (SSSR count). The first-order chi connectivity index (χ1) is 9.83. The molecule has 0 saturated heterocycles. The molecular weight excluding hydrogens is 292 g/mol. The third-order valence-electron chi connectivity index (χ3n) is 3.11. The van der Waals surface area contributed by atoms with Gasteiger partial charge >= 0.3 is 0 Å². The predicted octanol–water partition coefficient (Wildman–Crippen LogP) is 1.24. The molecule has 0 amide bonds. The van der Waals surface area contributed by atoms with E-state index < -0.39 is 10.0 Å². The smallest absolute Gasteiger partial charge is 0.244 e. The first kappa shape index (κ1) is 17.7. The lowest BCUT2D eigenvalue weighted by Crippen LogP contribution is -2.27. The molecule has 0 aliphatic heterocycles. The maximum absolute atomic E-state index is 12.4. The monoisotopic (exact) mass is 316 g/mol. The van der Waals surface area contributed by atoms with Crippen molar-refractivity contribution >= 4 is 10.0 Å². The Hall–Kier alpha value is -1.31. The Balaban J connectivity index is 2.95. The second kappa shape index (κ2) is 7.63. The molecule has 21 heavy (non-hydrogen) atoms. The third-order valence-corrected chi connectivity index (χ3v) is 4.59. The van der Waals surface area contributed by atoms with Crippen LogP contribution in [0.5, 0.6) is 11.5 Å². The van der Waals surface area contributed by atoms with E-state index >= 15 is 0 Å². The largest absolute Gasteiger partial charge is 0.496 e. The van der Waals surface area contributed by atoms with Crippen LogP contribution < -0.4 is 14.2 Å². The summed E-state index contributed by atoms with van der Waals surface area (Å²) in [6.45, 7) is 2.97. The summed E-state index contributed by atoms with van der Waals surface area (Å²) in [4.78, 5) is 2.14. The molecule has 0 aliphatic carbocycles. The van der Waals surface area contributed by atoms with Crippen LogP contribution in [0.3, 0.4) is 0 Å². The van der Waals surface area contributed by atoms with Gasteiger partial charge in [0.25, 0.3) is 0 Å². The highest BCUT2D eigenvalue weighted by atomic mass is 32.2. The van der Waals surface area contributed by atoms with Gasteiger partial charge in [-0.15, -0.1) is 0 Å². The van der Waals surface area contributed by atoms with Crippen LogP contribution in [-0.4, -0.2) is 54.7 Å². The van der Waals surface area contributed by atoms with Gasteiger partial charge in [0, 0.05) is 12.1 Å². The van der Waals surface area contributed by atoms with E-state index in [9.17, 15) is 8.42 Å². The fourth-order valence-corrected chi connectivity index (χ4v) is 3.31. The Morgan fingerprint density at radius 3 is 2.38 bits per heavy atom. The molecule has 0 saturated carbocycles. The molecule has 0 aliphatic rings. The number of nitrogens with one attached hydrogen (secondary N) is 1. The van der Waals surface area contributed by atoms with Crippen molar-refractivity contribution in [2.24, 2.45) is 0 Å². The van der Waals surface area contributed by atoms with Crippen molar-refractivity contribution < 1.29 is 17.9 Å². The summed E-state index contributed by atoms with van der Waals surface area (Å²) >= 11 is 0. The molecule has 0 aromatic heterocycles. The van der Waals surface area contributed by atoms with Gasteiger partial charge in [-0.3, -0.25) is 0 Å². The summed E-state index contributed by atoms with van der Waals surface area (Å²) in [5, 5.41) is 0. The number of hydrogen-bond acceptors (Lipinski definition) is 5. The number of benzene rings is 1. The zero-order chi connectivity index (χ0) is 16.0. The first-order valence-electron chi connectivity index (χ1n) is 6.69. The molecule has 1 aromatic rings. The first-order valence-corrected chi connectivity index (χ1v) is 8.17. The Labute approximate surface area is 127 Å². The summed E-state index contributed by atoms with van der Waals surface area (Å²) in [7, 11) is 3.29. The number of nitrogens with zero attached hydrogens (tertiary/aromatic N) is 1. The molecule has 0 bridgehead atoms. The molecule has 0 heterocycles. The van der Waals surface area contributed by atoms with E-state index in [0.29, 0.717) is 23.6 Å². The van der Waals surface area contributed by atoms with Gasteiger partial charge in [0.1, 0.15) is 16.4 Å². The average Bonchev–Trinajstić information content (AvgIpc) is 2.43. The lowest BCUT2D eigenvalue weighted by atomic mass is 10.2. The molecule has 6 nitrogen and oxygen atoms in total. The number of sulfonamides is 1. The molecular formula is C14H24N2O4S. The number of ether oxygens (including phenoxy) is 2. The second-order valence-electron chi connectivity index (χ2n) is 4.98. The van der Waals surface area contributed by atoms with Crippen LogP contribution in [0.4, 0.5) is 0 Å². The maximum atomic E-state index is 12.4. The molecule has 0 unspecified atom stereocenters. The van der Waals surface area contributed by atoms with Crippen LogP contribution in [0.2, 0.25) is 0 Å². The molecule has 0 atom stereocenters. The van der Waals surface area contributed by atoms with Gasteiger partial charge in [0.2, 0.25) is 10.0 Å². The zero-order valence-electron chi connectivity index (χ0n) is 13.3. The Kier molecular flexibility index (Phi) is 6.44. The quantitative estimate of drug-likeness (QED) is 0.731. The molecule has 120 valence electrons. The van der Waals surface area contributed by atoms with E-state index in [1.54, 1.807) is 13.0 Å². The maximum Gasteiger partial charge on any atom is 0.244 e. The second-order valence-corrected chi connectivity index (χ2v) is 6.71. The third kappa shape index (κ3) is 4.59. The fraction of sp³-hybridized carbons (Fsp3) is 0.571. The van der Waals surface area contributed by atoms with Crippen LogP contribution in [0.15, 0.2) is 17.0 Å². The molecule has 0 spiro atoms. The van der Waals surface area contributed by atoms with Crippen molar-refractivity contribution in [3.63, 3.8) is 0 Å². The van der Waals surface area contributed by atoms with Crippen molar-refractivity contribution in [2.75, 3.05) is 41.4 Å². The van der Waals surface area contributed by atoms with E-state index in [1.165, 1.54) is 20.3 Å². The standard InChI is InChI=1S/C14H24N2O4S/c1-11-12(19-4)7-8-13(14(11)20-5)21(17,18)15-9-6-10-16(2)3/h7-8,15H,6,9-10H2,1-5H3. The molecule has 0 radical (unpaired) electrons. The van der Waals surface area contributed by atoms with Gasteiger partial charge in [-0.05, 0) is 46.1 Å². The summed E-state index contributed by atoms with van der Waals surface area (Å²) in [6, 6.07) is 3.13. The zero-order valence-corrected chi connectivity index (χ0v) is 14.1. The van der Waals surface area contributed by atoms with Crippen LogP contribution >= 0.6 is 0 Å². The lowest BCUT2D eigenvalue weighted by molar-refractivity contribution is 0.380. The number of rotatable bonds is 8. The van der Waals surface area contributed by atoms with E-state index in [2.05, 4.69) is 4.72 Å². The Bertz CT molecular complexity index is 571. The van der Waals surface area contributed by atoms with Crippen LogP contribution in [-0.2, 0) is 10.0 Å². The normalized spacial score (nSPS) is 11.7. The SMILES string of the molecule is COc1ccc(S(=O)(=O)NCCCN(C)C)c(OC)c1C. The van der Waals surface area contributed by atoms with Gasteiger partial charge in [0.15, 0.2) is 0 Å². The minimum absolute atomic E-state index is 0.133. The Morgan fingerprint density at radius 1 is 1.19 bits per heavy atom. The minimum Gasteiger partial charge on any atom is -0.496 e. The van der Waals surface area contributed by atoms with Gasteiger partial charge in [-0.2, -0.15) is 0 Å². The van der Waals surface area contributed by atoms with Gasteiger partial charge < -0.3 is 14.4 Å². The van der Waals surface area contributed by atoms with Gasteiger partial charge in [0.05, 0.1) is 14.2 Å². The van der Waals surface area contributed by atoms with E-state index in [4.69, 9.17) is 9.47 Å². The Morgan fingerprint density at radius 2 is 1.86 bits per heavy atom. The summed E-state index contributed by atoms with van der Waals surface area (Å²) in [5.41, 5.74) is 0.663. The summed E-state index contributed by atoms with van der Waals surface area (Å²) < 4.78 is 37.7. The van der Waals surface area contributed by atoms with Gasteiger partial charge in [-0.25, -0.2) is 13.1 Å². The highest BCUT2D eigenvalue weighted by Gasteiger charge is 2.22. The molecule has 1 aromatic carbocycles. The average molecular weight is 316 g/mol. The highest BCUT2D eigenvalue weighted by molar-refractivity contribution is 7.89. The highest BCUT2D eigenvalue weighted by Crippen LogP contribution is 2.33. The van der Waals surface area contributed by atoms with Crippen molar-refractivity contribution in [1.29, 1.82) is 0 Å². The van der Waals surface area contributed by atoms with Crippen LogP contribution in [0.25, 0.3) is 0 Å². The predicted molar refractivity (Wildman–Crippen MR) is 82.6 cm³/mol. The van der Waals surface area contributed by atoms with E-state index in [1.807, 2.05) is 19.0 Å². The topological polar surface area (TPSA) is 67.9 Å². The number of hydrogen-bond donors (Lipinski definition) is 1. The lowest BCUT2D eigenvalue weighted by Gasteiger charge is -2.15. The fourth-order valence-electron chi connectivity index (χ4n) is 2.01. The minimum atomic E-state index is -3.60. The summed E-state index contributed by atoms with van der Waals surface area (Å²) in [5.74, 6) is 0.910. The van der Waals surface area contributed by atoms with Crippen molar-refractivity contribution in [3.05, 3.63) is 17.7 Å². The van der Waals surface area contributed by atoms with Crippen molar-refractivity contribution in [1.82, 2.24) is 9.62 Å². The molecule has 1 N–H and O–H groups in total. The summed E-state index contributed by atoms with van der Waals surface area (Å²) in [6.07, 6.45) is 0.740. The molecule has 0 fully saturated rings. The van der Waals surface area contributed by atoms with Gasteiger partial charge in [-0.1, -0.05) is 0 Å². The van der Waals surface area contributed by atoms with Crippen molar-refractivity contribution in [3.8, 4) is 11.5 Å². The van der Waals surface area contributed by atoms with E-state index in [0.717, 1.165) is 13.0 Å². The van der Waals surface area contributed by atoms with Crippen LogP contribution in [0.1, 0.15) is 12.0 Å². The molecule has 7 heteroatoms. The number of methoxy groups -OCH3 is 2. The van der Waals surface area contributed by atoms with Crippen molar-refractivity contribution in [2.45, 2.75) is 18.2 Å².